The van der Waals surface area contributed by atoms with Gasteiger partial charge in [0.15, 0.2) is 0 Å². The van der Waals surface area contributed by atoms with E-state index in [-0.39, 0.29) is 23.5 Å². The SMILES string of the molecule is COC(=O)C1=C(C(=O)OC)N(c2cccc(C(F)(F)F)c2)C(c2ccccc2)N(c2ccc(Br)cc2)C1. The minimum absolute atomic E-state index is 0.0484. The third-order valence-electron chi connectivity index (χ3n) is 5.91. The fraction of sp³-hybridized carbons (Fsp3) is 0.185. The first kappa shape index (κ1) is 26.3. The van der Waals surface area contributed by atoms with Gasteiger partial charge in [0.05, 0.1) is 31.9 Å². The van der Waals surface area contributed by atoms with Crippen molar-refractivity contribution in [3.05, 3.63) is 106 Å². The molecule has 6 nitrogen and oxygen atoms in total. The molecule has 0 radical (unpaired) electrons. The highest BCUT2D eigenvalue weighted by Crippen LogP contribution is 2.43. The Balaban J connectivity index is 2.06. The van der Waals surface area contributed by atoms with E-state index < -0.39 is 29.8 Å². The number of methoxy groups -OCH3 is 2. The average molecular weight is 575 g/mol. The van der Waals surface area contributed by atoms with Crippen LogP contribution in [0.4, 0.5) is 24.5 Å². The van der Waals surface area contributed by atoms with Crippen molar-refractivity contribution in [2.45, 2.75) is 12.3 Å². The number of rotatable bonds is 5. The molecule has 0 aromatic heterocycles. The molecule has 0 N–H and O–H groups in total. The molecule has 192 valence electrons. The largest absolute Gasteiger partial charge is 0.466 e. The first-order valence-electron chi connectivity index (χ1n) is 11.1. The molecule has 4 rings (SSSR count). The lowest BCUT2D eigenvalue weighted by atomic mass is 9.99. The number of hydrogen-bond acceptors (Lipinski definition) is 6. The third kappa shape index (κ3) is 5.34. The van der Waals surface area contributed by atoms with Crippen molar-refractivity contribution in [2.24, 2.45) is 0 Å². The van der Waals surface area contributed by atoms with Crippen LogP contribution in [0.1, 0.15) is 17.3 Å². The van der Waals surface area contributed by atoms with Gasteiger partial charge >= 0.3 is 18.1 Å². The summed E-state index contributed by atoms with van der Waals surface area (Å²) in [7, 11) is 2.32. The highest BCUT2D eigenvalue weighted by Gasteiger charge is 2.43. The summed E-state index contributed by atoms with van der Waals surface area (Å²) in [5.74, 6) is -1.68. The van der Waals surface area contributed by atoms with Crippen molar-refractivity contribution in [1.29, 1.82) is 0 Å². The van der Waals surface area contributed by atoms with Crippen LogP contribution in [0.3, 0.4) is 0 Å². The van der Waals surface area contributed by atoms with Crippen molar-refractivity contribution < 1.29 is 32.2 Å². The normalized spacial score (nSPS) is 16.0. The van der Waals surface area contributed by atoms with Crippen molar-refractivity contribution in [3.8, 4) is 0 Å². The molecule has 0 saturated carbocycles. The minimum Gasteiger partial charge on any atom is -0.466 e. The van der Waals surface area contributed by atoms with Gasteiger partial charge < -0.3 is 19.3 Å². The fourth-order valence-corrected chi connectivity index (χ4v) is 4.53. The lowest BCUT2D eigenvalue weighted by molar-refractivity contribution is -0.139. The van der Waals surface area contributed by atoms with Crippen LogP contribution in [0, 0.1) is 0 Å². The fourth-order valence-electron chi connectivity index (χ4n) is 4.26. The highest BCUT2D eigenvalue weighted by atomic mass is 79.9. The molecule has 0 saturated heterocycles. The summed E-state index contributed by atoms with van der Waals surface area (Å²) in [6.45, 7) is -0.0617. The molecule has 3 aromatic rings. The Kier molecular flexibility index (Phi) is 7.58. The van der Waals surface area contributed by atoms with Gasteiger partial charge in [-0.2, -0.15) is 13.2 Å². The number of carbonyl (C=O) groups is 2. The van der Waals surface area contributed by atoms with Crippen LogP contribution in [0.2, 0.25) is 0 Å². The quantitative estimate of drug-likeness (QED) is 0.343. The molecular weight excluding hydrogens is 553 g/mol. The molecule has 1 aliphatic rings. The first-order chi connectivity index (χ1) is 17.7. The maximum absolute atomic E-state index is 13.7. The maximum Gasteiger partial charge on any atom is 0.416 e. The van der Waals surface area contributed by atoms with Gasteiger partial charge in [-0.25, -0.2) is 9.59 Å². The van der Waals surface area contributed by atoms with Gasteiger partial charge in [0, 0.05) is 15.8 Å². The van der Waals surface area contributed by atoms with Crippen molar-refractivity contribution in [1.82, 2.24) is 0 Å². The number of halogens is 4. The summed E-state index contributed by atoms with van der Waals surface area (Å²) < 4.78 is 51.9. The van der Waals surface area contributed by atoms with Gasteiger partial charge in [0.2, 0.25) is 0 Å². The van der Waals surface area contributed by atoms with Crippen LogP contribution in [0.15, 0.2) is 94.6 Å². The summed E-state index contributed by atoms with van der Waals surface area (Å²) >= 11 is 3.41. The third-order valence-corrected chi connectivity index (χ3v) is 6.44. The summed E-state index contributed by atoms with van der Waals surface area (Å²) in [6, 6.07) is 20.8. The molecule has 1 aliphatic heterocycles. The predicted octanol–water partition coefficient (Wildman–Crippen LogP) is 6.09. The lowest BCUT2D eigenvalue weighted by Crippen LogP contribution is -2.50. The molecule has 0 aliphatic carbocycles. The molecule has 0 amide bonds. The van der Waals surface area contributed by atoms with E-state index in [1.54, 1.807) is 24.3 Å². The Morgan fingerprint density at radius 1 is 0.865 bits per heavy atom. The van der Waals surface area contributed by atoms with Gasteiger partial charge in [0.25, 0.3) is 0 Å². The van der Waals surface area contributed by atoms with E-state index >= 15 is 0 Å². The Bertz CT molecular complexity index is 1330. The molecule has 1 unspecified atom stereocenters. The standard InChI is InChI=1S/C27H22BrF3N2O4/c1-36-25(34)22-16-32(20-13-11-19(28)12-14-20)24(17-7-4-3-5-8-17)33(23(22)26(35)37-2)21-10-6-9-18(15-21)27(29,30)31/h3-15,24H,16H2,1-2H3. The number of nitrogens with zero attached hydrogens (tertiary/aromatic N) is 2. The predicted molar refractivity (Wildman–Crippen MR) is 136 cm³/mol. The zero-order chi connectivity index (χ0) is 26.7. The summed E-state index contributed by atoms with van der Waals surface area (Å²) in [6.07, 6.45) is -5.44. The number of esters is 2. The van der Waals surface area contributed by atoms with Crippen LogP contribution < -0.4 is 9.80 Å². The van der Waals surface area contributed by atoms with Crippen LogP contribution in [-0.2, 0) is 25.2 Å². The van der Waals surface area contributed by atoms with E-state index in [4.69, 9.17) is 9.47 Å². The zero-order valence-corrected chi connectivity index (χ0v) is 21.4. The van der Waals surface area contributed by atoms with Crippen molar-refractivity contribution >= 4 is 39.2 Å². The van der Waals surface area contributed by atoms with E-state index in [1.165, 1.54) is 24.1 Å². The Morgan fingerprint density at radius 2 is 1.51 bits per heavy atom. The Labute approximate surface area is 220 Å². The average Bonchev–Trinajstić information content (AvgIpc) is 2.91. The van der Waals surface area contributed by atoms with Crippen LogP contribution >= 0.6 is 15.9 Å². The number of benzene rings is 3. The van der Waals surface area contributed by atoms with E-state index in [9.17, 15) is 22.8 Å². The van der Waals surface area contributed by atoms with Gasteiger partial charge in [-0.15, -0.1) is 0 Å². The van der Waals surface area contributed by atoms with Gasteiger partial charge in [-0.3, -0.25) is 0 Å². The molecule has 0 spiro atoms. The van der Waals surface area contributed by atoms with E-state index in [2.05, 4.69) is 15.9 Å². The second kappa shape index (κ2) is 10.7. The topological polar surface area (TPSA) is 59.1 Å². The first-order valence-corrected chi connectivity index (χ1v) is 11.9. The van der Waals surface area contributed by atoms with Gasteiger partial charge in [-0.05, 0) is 48.0 Å². The highest BCUT2D eigenvalue weighted by molar-refractivity contribution is 9.10. The van der Waals surface area contributed by atoms with Crippen LogP contribution in [-0.4, -0.2) is 32.7 Å². The summed E-state index contributed by atoms with van der Waals surface area (Å²) in [4.78, 5) is 29.3. The zero-order valence-electron chi connectivity index (χ0n) is 19.8. The molecule has 37 heavy (non-hydrogen) atoms. The number of alkyl halides is 3. The molecule has 1 atom stereocenters. The molecular formula is C27H22BrF3N2O4. The van der Waals surface area contributed by atoms with Gasteiger partial charge in [0.1, 0.15) is 11.9 Å². The molecule has 3 aromatic carbocycles. The summed E-state index contributed by atoms with van der Waals surface area (Å²) in [5.41, 5.74) is 0.235. The number of anilines is 2. The van der Waals surface area contributed by atoms with E-state index in [0.717, 1.165) is 23.7 Å². The molecule has 0 bridgehead atoms. The molecule has 0 fully saturated rings. The lowest BCUT2D eigenvalue weighted by Gasteiger charge is -2.47. The minimum atomic E-state index is -4.63. The second-order valence-corrected chi connectivity index (χ2v) is 9.03. The van der Waals surface area contributed by atoms with E-state index in [1.807, 2.05) is 35.2 Å². The van der Waals surface area contributed by atoms with Gasteiger partial charge in [-0.1, -0.05) is 52.3 Å². The molecule has 1 heterocycles. The monoisotopic (exact) mass is 574 g/mol. The second-order valence-electron chi connectivity index (χ2n) is 8.12. The van der Waals surface area contributed by atoms with E-state index in [0.29, 0.717) is 11.3 Å². The molecule has 10 heteroatoms. The van der Waals surface area contributed by atoms with Crippen LogP contribution in [0.25, 0.3) is 0 Å². The number of hydrogen-bond donors (Lipinski definition) is 0. The maximum atomic E-state index is 13.7. The smallest absolute Gasteiger partial charge is 0.416 e. The number of carbonyl (C=O) groups excluding carboxylic acids is 2. The summed E-state index contributed by atoms with van der Waals surface area (Å²) in [5, 5.41) is 0. The Hall–Kier alpha value is -3.79. The number of ether oxygens (including phenoxy) is 2. The van der Waals surface area contributed by atoms with Crippen LogP contribution in [0.5, 0.6) is 0 Å². The van der Waals surface area contributed by atoms with Crippen molar-refractivity contribution in [3.63, 3.8) is 0 Å². The Morgan fingerprint density at radius 3 is 2.11 bits per heavy atom. The van der Waals surface area contributed by atoms with Crippen molar-refractivity contribution in [2.75, 3.05) is 30.6 Å².